The fourth-order valence-corrected chi connectivity index (χ4v) is 4.92. The topological polar surface area (TPSA) is 104 Å². The molecule has 7 nitrogen and oxygen atoms in total. The predicted molar refractivity (Wildman–Crippen MR) is 99.5 cm³/mol. The van der Waals surface area contributed by atoms with E-state index in [9.17, 15) is 18.0 Å². The van der Waals surface area contributed by atoms with Gasteiger partial charge in [-0.2, -0.15) is 4.31 Å². The summed E-state index contributed by atoms with van der Waals surface area (Å²) in [7, 11) is -3.45. The molecule has 2 rings (SSSR count). The first-order chi connectivity index (χ1) is 12.3. The zero-order valence-electron chi connectivity index (χ0n) is 15.1. The molecule has 26 heavy (non-hydrogen) atoms. The number of nitrogens with zero attached hydrogens (tertiary/aromatic N) is 1. The number of nitrogens with one attached hydrogen (secondary N) is 1. The van der Waals surface area contributed by atoms with Crippen LogP contribution in [0.15, 0.2) is 24.3 Å². The van der Waals surface area contributed by atoms with Crippen molar-refractivity contribution in [2.45, 2.75) is 51.5 Å². The van der Waals surface area contributed by atoms with Gasteiger partial charge in [0.25, 0.3) is 0 Å². The number of benzene rings is 1. The van der Waals surface area contributed by atoms with Crippen LogP contribution >= 0.6 is 0 Å². The van der Waals surface area contributed by atoms with Gasteiger partial charge in [-0.15, -0.1) is 0 Å². The molecule has 0 radical (unpaired) electrons. The van der Waals surface area contributed by atoms with Crippen LogP contribution in [0.1, 0.15) is 51.0 Å². The monoisotopic (exact) mass is 382 g/mol. The second-order valence-electron chi connectivity index (χ2n) is 6.61. The Labute approximate surface area is 154 Å². The van der Waals surface area contributed by atoms with Crippen LogP contribution in [0.25, 0.3) is 0 Å². The Bertz CT molecular complexity index is 763. The van der Waals surface area contributed by atoms with Gasteiger partial charge in [-0.1, -0.05) is 25.5 Å². The molecule has 1 aliphatic rings. The smallest absolute Gasteiger partial charge is 0.310 e. The van der Waals surface area contributed by atoms with Crippen LogP contribution in [-0.4, -0.2) is 48.0 Å². The summed E-state index contributed by atoms with van der Waals surface area (Å²) >= 11 is 0. The number of aliphatic carboxylic acids is 1. The first-order valence-corrected chi connectivity index (χ1v) is 10.5. The van der Waals surface area contributed by atoms with E-state index in [-0.39, 0.29) is 11.7 Å². The highest BCUT2D eigenvalue weighted by Gasteiger charge is 2.38. The van der Waals surface area contributed by atoms with Crippen molar-refractivity contribution in [2.24, 2.45) is 0 Å². The Morgan fingerprint density at radius 3 is 2.77 bits per heavy atom. The Kier molecular flexibility index (Phi) is 6.77. The molecule has 0 aliphatic carbocycles. The maximum Gasteiger partial charge on any atom is 0.310 e. The number of hydrogen-bond donors (Lipinski definition) is 2. The van der Waals surface area contributed by atoms with Crippen LogP contribution in [0.3, 0.4) is 0 Å². The number of carboxylic acid groups (broad SMARTS) is 1. The van der Waals surface area contributed by atoms with Gasteiger partial charge in [-0.3, -0.25) is 9.59 Å². The van der Waals surface area contributed by atoms with E-state index in [0.717, 1.165) is 6.42 Å². The van der Waals surface area contributed by atoms with Crippen molar-refractivity contribution >= 4 is 27.6 Å². The average molecular weight is 382 g/mol. The number of unbranched alkanes of at least 4 members (excludes halogenated alkanes) is 1. The molecule has 0 spiro atoms. The molecule has 1 aromatic rings. The Balaban J connectivity index is 2.12. The van der Waals surface area contributed by atoms with E-state index >= 15 is 0 Å². The Hall–Kier alpha value is -1.93. The average Bonchev–Trinajstić information content (AvgIpc) is 3.10. The lowest BCUT2D eigenvalue weighted by Crippen LogP contribution is -2.44. The lowest BCUT2D eigenvalue weighted by Gasteiger charge is -2.23. The highest BCUT2D eigenvalue weighted by atomic mass is 32.2. The molecular formula is C18H26N2O5S. The third kappa shape index (κ3) is 4.82. The lowest BCUT2D eigenvalue weighted by molar-refractivity contribution is -0.138. The second kappa shape index (κ2) is 8.64. The van der Waals surface area contributed by atoms with Gasteiger partial charge in [0.2, 0.25) is 15.9 Å². The largest absolute Gasteiger partial charge is 0.481 e. The minimum atomic E-state index is -3.45. The molecule has 1 heterocycles. The minimum Gasteiger partial charge on any atom is -0.481 e. The Morgan fingerprint density at radius 2 is 2.12 bits per heavy atom. The van der Waals surface area contributed by atoms with Gasteiger partial charge >= 0.3 is 5.97 Å². The molecule has 2 atom stereocenters. The van der Waals surface area contributed by atoms with Crippen LogP contribution in [0.4, 0.5) is 5.69 Å². The normalized spacial score (nSPS) is 19.2. The molecule has 0 saturated carbocycles. The van der Waals surface area contributed by atoms with Crippen LogP contribution in [0.2, 0.25) is 0 Å². The molecule has 1 aliphatic heterocycles. The zero-order chi connectivity index (χ0) is 19.3. The molecule has 1 saturated heterocycles. The van der Waals surface area contributed by atoms with Gasteiger partial charge in [0.05, 0.1) is 11.7 Å². The maximum atomic E-state index is 12.6. The summed E-state index contributed by atoms with van der Waals surface area (Å²) in [6, 6.07) is 5.93. The number of amides is 1. The van der Waals surface area contributed by atoms with Crippen LogP contribution < -0.4 is 5.32 Å². The van der Waals surface area contributed by atoms with Crippen molar-refractivity contribution < 1.29 is 23.1 Å². The highest BCUT2D eigenvalue weighted by molar-refractivity contribution is 7.89. The van der Waals surface area contributed by atoms with Gasteiger partial charge in [0.15, 0.2) is 0 Å². The number of carbonyl (C=O) groups is 2. The van der Waals surface area contributed by atoms with Gasteiger partial charge in [0.1, 0.15) is 6.04 Å². The maximum absolute atomic E-state index is 12.6. The molecule has 144 valence electrons. The van der Waals surface area contributed by atoms with Crippen LogP contribution in [-0.2, 0) is 19.6 Å². The van der Waals surface area contributed by atoms with E-state index in [0.29, 0.717) is 37.1 Å². The van der Waals surface area contributed by atoms with E-state index in [1.165, 1.54) is 4.31 Å². The van der Waals surface area contributed by atoms with Crippen molar-refractivity contribution in [1.29, 1.82) is 0 Å². The molecular weight excluding hydrogens is 356 g/mol. The summed E-state index contributed by atoms with van der Waals surface area (Å²) in [5, 5.41) is 11.9. The van der Waals surface area contributed by atoms with Gasteiger partial charge in [-0.05, 0) is 43.9 Å². The first-order valence-electron chi connectivity index (χ1n) is 8.89. The first kappa shape index (κ1) is 20.4. The molecule has 2 N–H and O–H groups in total. The number of carboxylic acids is 1. The van der Waals surface area contributed by atoms with Gasteiger partial charge in [0, 0.05) is 12.2 Å². The van der Waals surface area contributed by atoms with Crippen LogP contribution in [0.5, 0.6) is 0 Å². The van der Waals surface area contributed by atoms with Gasteiger partial charge < -0.3 is 10.4 Å². The highest BCUT2D eigenvalue weighted by Crippen LogP contribution is 2.25. The molecule has 2 unspecified atom stereocenters. The summed E-state index contributed by atoms with van der Waals surface area (Å²) in [5.41, 5.74) is 1.05. The van der Waals surface area contributed by atoms with E-state index in [4.69, 9.17) is 5.11 Å². The van der Waals surface area contributed by atoms with Crippen molar-refractivity contribution in [3.63, 3.8) is 0 Å². The fraction of sp³-hybridized carbons (Fsp3) is 0.556. The van der Waals surface area contributed by atoms with Crippen LogP contribution in [0, 0.1) is 0 Å². The van der Waals surface area contributed by atoms with Crippen molar-refractivity contribution in [3.05, 3.63) is 29.8 Å². The molecule has 0 bridgehead atoms. The minimum absolute atomic E-state index is 0.0545. The lowest BCUT2D eigenvalue weighted by atomic mass is 10.0. The fourth-order valence-electron chi connectivity index (χ4n) is 3.03. The summed E-state index contributed by atoms with van der Waals surface area (Å²) in [6.45, 7) is 3.86. The second-order valence-corrected chi connectivity index (χ2v) is 8.65. The molecule has 1 amide bonds. The molecule has 1 aromatic carbocycles. The summed E-state index contributed by atoms with van der Waals surface area (Å²) in [6.07, 6.45) is 2.49. The van der Waals surface area contributed by atoms with Crippen molar-refractivity contribution in [3.8, 4) is 0 Å². The number of sulfonamides is 1. The van der Waals surface area contributed by atoms with E-state index in [2.05, 4.69) is 5.32 Å². The predicted octanol–water partition coefficient (Wildman–Crippen LogP) is 2.41. The Morgan fingerprint density at radius 1 is 1.38 bits per heavy atom. The third-order valence-electron chi connectivity index (χ3n) is 4.64. The van der Waals surface area contributed by atoms with Crippen molar-refractivity contribution in [2.75, 3.05) is 17.6 Å². The number of hydrogen-bond acceptors (Lipinski definition) is 4. The third-order valence-corrected chi connectivity index (χ3v) is 6.60. The summed E-state index contributed by atoms with van der Waals surface area (Å²) in [4.78, 5) is 23.7. The standard InChI is InChI=1S/C18H26N2O5S/c1-3-4-11-26(24,25)20-10-6-9-16(20)17(21)19-15-8-5-7-14(12-15)13(2)18(22)23/h5,7-8,12-13,16H,3-4,6,9-11H2,1-2H3,(H,19,21)(H,22,23). The SMILES string of the molecule is CCCCS(=O)(=O)N1CCCC1C(=O)Nc1cccc(C(C)C(=O)O)c1. The summed E-state index contributed by atoms with van der Waals surface area (Å²) < 4.78 is 26.2. The molecule has 0 aromatic heterocycles. The van der Waals surface area contributed by atoms with Gasteiger partial charge in [-0.25, -0.2) is 8.42 Å². The van der Waals surface area contributed by atoms with E-state index < -0.39 is 28.0 Å². The van der Waals surface area contributed by atoms with Crippen molar-refractivity contribution in [1.82, 2.24) is 4.31 Å². The van der Waals surface area contributed by atoms with E-state index in [1.54, 1.807) is 31.2 Å². The molecule has 1 fully saturated rings. The molecule has 8 heteroatoms. The summed E-state index contributed by atoms with van der Waals surface area (Å²) in [5.74, 6) is -1.96. The quantitative estimate of drug-likeness (QED) is 0.718. The zero-order valence-corrected chi connectivity index (χ0v) is 16.0. The number of rotatable bonds is 8. The number of anilines is 1. The van der Waals surface area contributed by atoms with E-state index in [1.807, 2.05) is 6.92 Å². The number of carbonyl (C=O) groups excluding carboxylic acids is 1.